The lowest BCUT2D eigenvalue weighted by atomic mass is 10.3. The van der Waals surface area contributed by atoms with Gasteiger partial charge < -0.3 is 4.74 Å². The minimum absolute atomic E-state index is 0.211. The number of nitrogens with zero attached hydrogens (tertiary/aromatic N) is 2. The molecule has 1 aromatic rings. The van der Waals surface area contributed by atoms with Gasteiger partial charge >= 0.3 is 11.7 Å². The minimum atomic E-state index is -0.211. The first kappa shape index (κ1) is 12.1. The summed E-state index contributed by atoms with van der Waals surface area (Å²) in [6.45, 7) is 3.65. The predicted octanol–water partition coefficient (Wildman–Crippen LogP) is 2.74. The lowest BCUT2D eigenvalue weighted by Gasteiger charge is -1.89. The number of carbonyl (C=O) groups excluding carboxylic acids is 1. The molecule has 0 fully saturated rings. The molecule has 1 rings (SSSR count). The molecule has 0 saturated carbocycles. The molecule has 0 aromatic heterocycles. The van der Waals surface area contributed by atoms with Crippen molar-refractivity contribution in [3.05, 3.63) is 35.3 Å². The van der Waals surface area contributed by atoms with E-state index < -0.39 is 0 Å². The lowest BCUT2D eigenvalue weighted by molar-refractivity contribution is -0.140. The van der Waals surface area contributed by atoms with Crippen molar-refractivity contribution in [1.29, 1.82) is 5.39 Å². The normalized spacial score (nSPS) is 7.79. The van der Waals surface area contributed by atoms with Crippen molar-refractivity contribution >= 4 is 11.7 Å². The molecule has 0 N–H and O–H groups in total. The average Bonchev–Trinajstić information content (AvgIpc) is 2.20. The second kappa shape index (κ2) is 7.74. The minimum Gasteiger partial charge on any atom is -0.466 e. The third-order valence-corrected chi connectivity index (χ3v) is 1.22. The van der Waals surface area contributed by atoms with E-state index in [9.17, 15) is 4.79 Å². The van der Waals surface area contributed by atoms with Crippen LogP contribution in [0.1, 0.15) is 13.8 Å². The zero-order valence-corrected chi connectivity index (χ0v) is 8.30. The summed E-state index contributed by atoms with van der Waals surface area (Å²) in [5.41, 5.74) is 0.590. The van der Waals surface area contributed by atoms with E-state index >= 15 is 0 Å². The highest BCUT2D eigenvalue weighted by molar-refractivity contribution is 5.65. The molecule has 0 heterocycles. The Morgan fingerprint density at radius 3 is 2.21 bits per heavy atom. The van der Waals surface area contributed by atoms with Crippen LogP contribution >= 0.6 is 0 Å². The number of hydrogen-bond donors (Lipinski definition) is 0. The molecule has 4 heteroatoms. The molecule has 0 bridgehead atoms. The lowest BCUT2D eigenvalue weighted by Crippen LogP contribution is -1.95. The molecule has 0 aliphatic rings. The van der Waals surface area contributed by atoms with Gasteiger partial charge in [-0.1, -0.05) is 18.2 Å². The van der Waals surface area contributed by atoms with Crippen LogP contribution in [0, 0.1) is 5.39 Å². The number of rotatable bonds is 1. The summed E-state index contributed by atoms with van der Waals surface area (Å²) in [5.74, 6) is -0.211. The van der Waals surface area contributed by atoms with Crippen LogP contribution in [0.25, 0.3) is 4.98 Å². The molecule has 4 nitrogen and oxygen atoms in total. The van der Waals surface area contributed by atoms with Crippen LogP contribution in [-0.4, -0.2) is 12.6 Å². The smallest absolute Gasteiger partial charge is 0.385 e. The van der Waals surface area contributed by atoms with Crippen LogP contribution in [0.5, 0.6) is 0 Å². The molecule has 0 unspecified atom stereocenters. The first-order chi connectivity index (χ1) is 6.70. The standard InChI is InChI=1S/C6H5N2.C4H8O2/c7-8-6-4-2-1-3-5-6;1-3-6-4(2)5/h1-5H;3H2,1-2H3/q+1;. The van der Waals surface area contributed by atoms with Gasteiger partial charge in [-0.3, -0.25) is 4.79 Å². The second-order valence-electron chi connectivity index (χ2n) is 2.36. The van der Waals surface area contributed by atoms with Crippen molar-refractivity contribution in [3.8, 4) is 0 Å². The van der Waals surface area contributed by atoms with Crippen LogP contribution in [0.2, 0.25) is 0 Å². The first-order valence-electron chi connectivity index (χ1n) is 4.24. The average molecular weight is 193 g/mol. The fraction of sp³-hybridized carbons (Fsp3) is 0.300. The van der Waals surface area contributed by atoms with Gasteiger partial charge in [0.05, 0.1) is 6.61 Å². The Kier molecular flexibility index (Phi) is 6.70. The van der Waals surface area contributed by atoms with Crippen molar-refractivity contribution < 1.29 is 9.53 Å². The Balaban J connectivity index is 0.000000255. The SMILES string of the molecule is CCOC(C)=O.N#[N+]c1ccccc1. The quantitative estimate of drug-likeness (QED) is 0.509. The van der Waals surface area contributed by atoms with Gasteiger partial charge in [0.1, 0.15) is 0 Å². The highest BCUT2D eigenvalue weighted by atomic mass is 16.5. The van der Waals surface area contributed by atoms with Gasteiger partial charge in [0.25, 0.3) is 0 Å². The summed E-state index contributed by atoms with van der Waals surface area (Å²) in [6.07, 6.45) is 0. The van der Waals surface area contributed by atoms with E-state index in [1.807, 2.05) is 18.2 Å². The van der Waals surface area contributed by atoms with E-state index in [-0.39, 0.29) is 5.97 Å². The zero-order valence-electron chi connectivity index (χ0n) is 8.30. The van der Waals surface area contributed by atoms with E-state index in [4.69, 9.17) is 5.39 Å². The molecular formula is C10H13N2O2+. The molecule has 0 aliphatic heterocycles. The molecule has 0 radical (unpaired) electrons. The molecule has 0 aliphatic carbocycles. The van der Waals surface area contributed by atoms with Crippen LogP contribution in [0.15, 0.2) is 30.3 Å². The monoisotopic (exact) mass is 193 g/mol. The number of ether oxygens (including phenoxy) is 1. The summed E-state index contributed by atoms with van der Waals surface area (Å²) in [7, 11) is 0. The van der Waals surface area contributed by atoms with Crippen LogP contribution < -0.4 is 0 Å². The fourth-order valence-corrected chi connectivity index (χ4v) is 0.698. The zero-order chi connectivity index (χ0) is 10.8. The van der Waals surface area contributed by atoms with E-state index in [0.717, 1.165) is 0 Å². The largest absolute Gasteiger partial charge is 0.466 e. The summed E-state index contributed by atoms with van der Waals surface area (Å²) < 4.78 is 4.40. The van der Waals surface area contributed by atoms with Gasteiger partial charge in [-0.2, -0.15) is 0 Å². The molecule has 14 heavy (non-hydrogen) atoms. The van der Waals surface area contributed by atoms with Crippen LogP contribution in [-0.2, 0) is 9.53 Å². The number of benzene rings is 1. The van der Waals surface area contributed by atoms with E-state index in [1.165, 1.54) is 6.92 Å². The molecule has 0 saturated heterocycles. The van der Waals surface area contributed by atoms with E-state index in [0.29, 0.717) is 12.3 Å². The van der Waals surface area contributed by atoms with Gasteiger partial charge in [-0.25, -0.2) is 0 Å². The molecule has 1 aromatic carbocycles. The maximum absolute atomic E-state index is 9.82. The maximum Gasteiger partial charge on any atom is 0.385 e. The molecule has 0 spiro atoms. The third kappa shape index (κ3) is 6.80. The van der Waals surface area contributed by atoms with E-state index in [2.05, 4.69) is 9.71 Å². The summed E-state index contributed by atoms with van der Waals surface area (Å²) in [6, 6.07) is 8.94. The summed E-state index contributed by atoms with van der Waals surface area (Å²) >= 11 is 0. The van der Waals surface area contributed by atoms with Crippen molar-refractivity contribution in [2.45, 2.75) is 13.8 Å². The Labute approximate surface area is 83.1 Å². The van der Waals surface area contributed by atoms with Crippen molar-refractivity contribution in [2.24, 2.45) is 0 Å². The molecule has 74 valence electrons. The summed E-state index contributed by atoms with van der Waals surface area (Å²) in [5, 5.41) is 8.16. The van der Waals surface area contributed by atoms with Gasteiger partial charge in [0, 0.05) is 19.1 Å². The van der Waals surface area contributed by atoms with E-state index in [1.54, 1.807) is 19.1 Å². The molecule has 0 amide bonds. The van der Waals surface area contributed by atoms with Crippen molar-refractivity contribution in [1.82, 2.24) is 0 Å². The number of hydrogen-bond acceptors (Lipinski definition) is 3. The Bertz CT molecular complexity index is 304. The van der Waals surface area contributed by atoms with Crippen LogP contribution in [0.4, 0.5) is 5.69 Å². The van der Waals surface area contributed by atoms with Crippen LogP contribution in [0.3, 0.4) is 0 Å². The highest BCUT2D eigenvalue weighted by Gasteiger charge is 1.95. The fourth-order valence-electron chi connectivity index (χ4n) is 0.698. The van der Waals surface area contributed by atoms with Gasteiger partial charge in [-0.15, -0.1) is 0 Å². The molecule has 0 atom stereocenters. The van der Waals surface area contributed by atoms with Crippen molar-refractivity contribution in [3.63, 3.8) is 0 Å². The Hall–Kier alpha value is -1.89. The first-order valence-corrected chi connectivity index (χ1v) is 4.24. The third-order valence-electron chi connectivity index (χ3n) is 1.22. The number of carbonyl (C=O) groups is 1. The second-order valence-corrected chi connectivity index (χ2v) is 2.36. The Morgan fingerprint density at radius 1 is 1.43 bits per heavy atom. The number of diazo groups is 1. The summed E-state index contributed by atoms with van der Waals surface area (Å²) in [4.78, 5) is 12.8. The molecular weight excluding hydrogens is 180 g/mol. The van der Waals surface area contributed by atoms with Crippen molar-refractivity contribution in [2.75, 3.05) is 6.61 Å². The van der Waals surface area contributed by atoms with Gasteiger partial charge in [0.2, 0.25) is 5.39 Å². The highest BCUT2D eigenvalue weighted by Crippen LogP contribution is 2.07. The predicted molar refractivity (Wildman–Crippen MR) is 53.5 cm³/mol. The Morgan fingerprint density at radius 2 is 2.00 bits per heavy atom. The van der Waals surface area contributed by atoms with Gasteiger partial charge in [-0.05, 0) is 6.92 Å². The maximum atomic E-state index is 9.82. The number of esters is 1. The topological polar surface area (TPSA) is 54.5 Å². The van der Waals surface area contributed by atoms with Gasteiger partial charge in [0.15, 0.2) is 4.98 Å².